The molecule has 1 rings (SSSR count). The predicted molar refractivity (Wildman–Crippen MR) is 90.8 cm³/mol. The molecule has 0 fully saturated rings. The van der Waals surface area contributed by atoms with E-state index in [0.717, 1.165) is 25.1 Å². The Morgan fingerprint density at radius 1 is 1.19 bits per heavy atom. The van der Waals surface area contributed by atoms with Crippen LogP contribution in [0.15, 0.2) is 24.3 Å². The zero-order valence-electron chi connectivity index (χ0n) is 14.2. The van der Waals surface area contributed by atoms with Gasteiger partial charge in [-0.2, -0.15) is 0 Å². The van der Waals surface area contributed by atoms with Crippen LogP contribution >= 0.6 is 0 Å². The van der Waals surface area contributed by atoms with E-state index in [4.69, 9.17) is 0 Å². The first-order valence-corrected chi connectivity index (χ1v) is 7.93. The number of hydrogen-bond acceptors (Lipinski definition) is 2. The van der Waals surface area contributed by atoms with Gasteiger partial charge in [-0.1, -0.05) is 46.2 Å². The summed E-state index contributed by atoms with van der Waals surface area (Å²) in [6.45, 7) is 10.3. The van der Waals surface area contributed by atoms with Gasteiger partial charge in [0.15, 0.2) is 0 Å². The third-order valence-electron chi connectivity index (χ3n) is 3.69. The van der Waals surface area contributed by atoms with Crippen molar-refractivity contribution in [2.24, 2.45) is 0 Å². The van der Waals surface area contributed by atoms with E-state index in [1.807, 2.05) is 11.9 Å². The first kappa shape index (κ1) is 17.5. The number of carbonyl (C=O) groups is 1. The van der Waals surface area contributed by atoms with E-state index in [1.54, 1.807) is 0 Å². The first-order valence-electron chi connectivity index (χ1n) is 7.93. The molecule has 3 nitrogen and oxygen atoms in total. The van der Waals surface area contributed by atoms with Gasteiger partial charge < -0.3 is 10.2 Å². The second-order valence-corrected chi connectivity index (χ2v) is 6.67. The minimum absolute atomic E-state index is 0.177. The molecule has 0 unspecified atom stereocenters. The standard InChI is InChI=1S/C18H30N2O/c1-6-7-14-20(5)17(21)12-13-19-16-10-8-15(9-11-16)18(2,3)4/h8-11,19H,6-7,12-14H2,1-5H3. The molecule has 1 aromatic rings. The molecule has 0 aliphatic rings. The Kier molecular flexibility index (Phi) is 6.73. The van der Waals surface area contributed by atoms with Crippen LogP contribution in [-0.4, -0.2) is 30.9 Å². The maximum Gasteiger partial charge on any atom is 0.224 e. The summed E-state index contributed by atoms with van der Waals surface area (Å²) in [7, 11) is 1.89. The molecule has 0 aliphatic heterocycles. The normalized spacial score (nSPS) is 11.3. The lowest BCUT2D eigenvalue weighted by Crippen LogP contribution is -2.29. The smallest absolute Gasteiger partial charge is 0.224 e. The third-order valence-corrected chi connectivity index (χ3v) is 3.69. The van der Waals surface area contributed by atoms with Gasteiger partial charge in [0.25, 0.3) is 0 Å². The van der Waals surface area contributed by atoms with Crippen molar-refractivity contribution in [3.05, 3.63) is 29.8 Å². The Labute approximate surface area is 129 Å². The van der Waals surface area contributed by atoms with Crippen molar-refractivity contribution in [3.63, 3.8) is 0 Å². The van der Waals surface area contributed by atoms with Crippen LogP contribution in [-0.2, 0) is 10.2 Å². The molecule has 1 amide bonds. The minimum atomic E-state index is 0.177. The van der Waals surface area contributed by atoms with E-state index >= 15 is 0 Å². The van der Waals surface area contributed by atoms with Crippen LogP contribution in [0.1, 0.15) is 52.5 Å². The van der Waals surface area contributed by atoms with Crippen molar-refractivity contribution in [1.82, 2.24) is 4.90 Å². The van der Waals surface area contributed by atoms with Gasteiger partial charge in [0.2, 0.25) is 5.91 Å². The van der Waals surface area contributed by atoms with Crippen molar-refractivity contribution in [2.75, 3.05) is 25.5 Å². The lowest BCUT2D eigenvalue weighted by Gasteiger charge is -2.19. The molecule has 0 saturated heterocycles. The number of amides is 1. The van der Waals surface area contributed by atoms with Gasteiger partial charge in [-0.15, -0.1) is 0 Å². The molecule has 21 heavy (non-hydrogen) atoms. The highest BCUT2D eigenvalue weighted by Gasteiger charge is 2.12. The highest BCUT2D eigenvalue weighted by atomic mass is 16.2. The van der Waals surface area contributed by atoms with Crippen LogP contribution in [0, 0.1) is 0 Å². The van der Waals surface area contributed by atoms with E-state index in [0.29, 0.717) is 13.0 Å². The molecule has 0 aromatic heterocycles. The largest absolute Gasteiger partial charge is 0.385 e. The number of rotatable bonds is 7. The van der Waals surface area contributed by atoms with E-state index < -0.39 is 0 Å². The van der Waals surface area contributed by atoms with E-state index in [2.05, 4.69) is 57.3 Å². The Hall–Kier alpha value is -1.51. The average Bonchev–Trinajstić information content (AvgIpc) is 2.44. The highest BCUT2D eigenvalue weighted by Crippen LogP contribution is 2.23. The van der Waals surface area contributed by atoms with Crippen LogP contribution in [0.5, 0.6) is 0 Å². The monoisotopic (exact) mass is 290 g/mol. The fourth-order valence-corrected chi connectivity index (χ4v) is 2.11. The molecule has 0 atom stereocenters. The zero-order chi connectivity index (χ0) is 15.9. The maximum atomic E-state index is 11.9. The van der Waals surface area contributed by atoms with Gasteiger partial charge in [0.05, 0.1) is 0 Å². The Morgan fingerprint density at radius 3 is 2.33 bits per heavy atom. The van der Waals surface area contributed by atoms with Crippen molar-refractivity contribution in [1.29, 1.82) is 0 Å². The van der Waals surface area contributed by atoms with Crippen molar-refractivity contribution in [2.45, 2.75) is 52.4 Å². The SMILES string of the molecule is CCCCN(C)C(=O)CCNc1ccc(C(C)(C)C)cc1. The maximum absolute atomic E-state index is 11.9. The molecule has 1 aromatic carbocycles. The summed E-state index contributed by atoms with van der Waals surface area (Å²) in [6, 6.07) is 8.48. The number of anilines is 1. The van der Waals surface area contributed by atoms with Gasteiger partial charge in [-0.25, -0.2) is 0 Å². The van der Waals surface area contributed by atoms with E-state index in [-0.39, 0.29) is 11.3 Å². The molecule has 0 aliphatic carbocycles. The van der Waals surface area contributed by atoms with Crippen LogP contribution in [0.3, 0.4) is 0 Å². The Morgan fingerprint density at radius 2 is 1.81 bits per heavy atom. The van der Waals surface area contributed by atoms with Crippen LogP contribution < -0.4 is 5.32 Å². The minimum Gasteiger partial charge on any atom is -0.385 e. The zero-order valence-corrected chi connectivity index (χ0v) is 14.2. The fraction of sp³-hybridized carbons (Fsp3) is 0.611. The number of unbranched alkanes of at least 4 members (excludes halogenated alkanes) is 1. The number of nitrogens with zero attached hydrogens (tertiary/aromatic N) is 1. The Balaban J connectivity index is 2.37. The lowest BCUT2D eigenvalue weighted by atomic mass is 9.87. The molecule has 0 spiro atoms. The lowest BCUT2D eigenvalue weighted by molar-refractivity contribution is -0.129. The molecule has 3 heteroatoms. The van der Waals surface area contributed by atoms with Crippen molar-refractivity contribution in [3.8, 4) is 0 Å². The fourth-order valence-electron chi connectivity index (χ4n) is 2.11. The second kappa shape index (κ2) is 8.06. The second-order valence-electron chi connectivity index (χ2n) is 6.67. The highest BCUT2D eigenvalue weighted by molar-refractivity contribution is 5.76. The molecular formula is C18H30N2O. The average molecular weight is 290 g/mol. The predicted octanol–water partition coefficient (Wildman–Crippen LogP) is 4.04. The summed E-state index contributed by atoms with van der Waals surface area (Å²) in [4.78, 5) is 13.7. The number of hydrogen-bond donors (Lipinski definition) is 1. The summed E-state index contributed by atoms with van der Waals surface area (Å²) in [5.74, 6) is 0.210. The van der Waals surface area contributed by atoms with Crippen LogP contribution in [0.2, 0.25) is 0 Å². The molecule has 0 bridgehead atoms. The molecule has 0 heterocycles. The molecule has 0 saturated carbocycles. The van der Waals surface area contributed by atoms with Crippen LogP contribution in [0.4, 0.5) is 5.69 Å². The van der Waals surface area contributed by atoms with Gasteiger partial charge >= 0.3 is 0 Å². The number of carbonyl (C=O) groups excluding carboxylic acids is 1. The van der Waals surface area contributed by atoms with E-state index in [1.165, 1.54) is 5.56 Å². The first-order chi connectivity index (χ1) is 9.84. The van der Waals surface area contributed by atoms with Gasteiger partial charge in [-0.3, -0.25) is 4.79 Å². The van der Waals surface area contributed by atoms with Gasteiger partial charge in [0, 0.05) is 32.2 Å². The number of nitrogens with one attached hydrogen (secondary N) is 1. The molecule has 118 valence electrons. The van der Waals surface area contributed by atoms with Gasteiger partial charge in [-0.05, 0) is 29.5 Å². The summed E-state index contributed by atoms with van der Waals surface area (Å²) < 4.78 is 0. The van der Waals surface area contributed by atoms with Crippen molar-refractivity contribution < 1.29 is 4.79 Å². The third kappa shape index (κ3) is 6.19. The summed E-state index contributed by atoms with van der Waals surface area (Å²) in [5, 5.41) is 3.32. The topological polar surface area (TPSA) is 32.3 Å². The number of benzene rings is 1. The molecule has 1 N–H and O–H groups in total. The van der Waals surface area contributed by atoms with E-state index in [9.17, 15) is 4.79 Å². The van der Waals surface area contributed by atoms with Crippen LogP contribution in [0.25, 0.3) is 0 Å². The van der Waals surface area contributed by atoms with Crippen molar-refractivity contribution >= 4 is 11.6 Å². The quantitative estimate of drug-likeness (QED) is 0.822. The Bertz CT molecular complexity index is 432. The summed E-state index contributed by atoms with van der Waals surface area (Å²) in [6.07, 6.45) is 2.74. The molecule has 0 radical (unpaired) electrons. The summed E-state index contributed by atoms with van der Waals surface area (Å²) >= 11 is 0. The molecular weight excluding hydrogens is 260 g/mol. The van der Waals surface area contributed by atoms with Gasteiger partial charge in [0.1, 0.15) is 0 Å². The summed E-state index contributed by atoms with van der Waals surface area (Å²) in [5.41, 5.74) is 2.58.